The van der Waals surface area contributed by atoms with Crippen LogP contribution in [0.25, 0.3) is 0 Å². The van der Waals surface area contributed by atoms with Gasteiger partial charge in [0.05, 0.1) is 27.5 Å². The Labute approximate surface area is 122 Å². The molecule has 0 aliphatic rings. The lowest BCUT2D eigenvalue weighted by Gasteiger charge is -2.11. The van der Waals surface area contributed by atoms with Gasteiger partial charge >= 0.3 is 0 Å². The number of nitrogens with zero attached hydrogens (tertiary/aromatic N) is 3. The molecule has 5 heteroatoms. The van der Waals surface area contributed by atoms with Crippen LogP contribution in [0.15, 0.2) is 24.3 Å². The van der Waals surface area contributed by atoms with E-state index in [0.717, 1.165) is 11.4 Å². The molecule has 0 aliphatic carbocycles. The van der Waals surface area contributed by atoms with Crippen molar-refractivity contribution in [3.05, 3.63) is 51.8 Å². The number of halogens is 1. The Morgan fingerprint density at radius 2 is 1.90 bits per heavy atom. The molecule has 0 aliphatic heterocycles. The predicted octanol–water partition coefficient (Wildman–Crippen LogP) is 3.84. The van der Waals surface area contributed by atoms with Gasteiger partial charge in [0.25, 0.3) is 0 Å². The van der Waals surface area contributed by atoms with Crippen LogP contribution < -0.4 is 5.32 Å². The molecule has 1 heterocycles. The molecule has 0 radical (unpaired) electrons. The van der Waals surface area contributed by atoms with E-state index in [2.05, 4.69) is 16.4 Å². The maximum Gasteiger partial charge on any atom is 0.103 e. The zero-order valence-corrected chi connectivity index (χ0v) is 11.8. The number of aromatic nitrogens is 1. The Morgan fingerprint density at radius 1 is 1.15 bits per heavy atom. The Balaban J connectivity index is 2.43. The number of benzene rings is 1. The fraction of sp³-hybridized carbons (Fsp3) is 0.133. The van der Waals surface area contributed by atoms with E-state index in [1.807, 2.05) is 13.0 Å². The Morgan fingerprint density at radius 3 is 2.50 bits per heavy atom. The van der Waals surface area contributed by atoms with Gasteiger partial charge in [-0.05, 0) is 38.1 Å². The molecule has 0 fully saturated rings. The number of pyridine rings is 1. The summed E-state index contributed by atoms with van der Waals surface area (Å²) >= 11 is 5.99. The first-order valence-corrected chi connectivity index (χ1v) is 6.28. The number of aryl methyl sites for hydroxylation is 2. The normalized spacial score (nSPS) is 9.65. The maximum absolute atomic E-state index is 9.21. The van der Waals surface area contributed by atoms with E-state index in [9.17, 15) is 5.26 Å². The summed E-state index contributed by atoms with van der Waals surface area (Å²) in [5.41, 5.74) is 3.81. The summed E-state index contributed by atoms with van der Waals surface area (Å²) in [5.74, 6) is 0. The summed E-state index contributed by atoms with van der Waals surface area (Å²) in [6.07, 6.45) is 0. The van der Waals surface area contributed by atoms with Gasteiger partial charge in [0.2, 0.25) is 0 Å². The number of hydrogen-bond acceptors (Lipinski definition) is 4. The van der Waals surface area contributed by atoms with Gasteiger partial charge in [0.1, 0.15) is 12.1 Å². The molecule has 0 spiro atoms. The molecule has 4 nitrogen and oxygen atoms in total. The molecule has 2 rings (SSSR count). The predicted molar refractivity (Wildman–Crippen MR) is 77.9 cm³/mol. The van der Waals surface area contributed by atoms with E-state index in [0.29, 0.717) is 27.5 Å². The first-order chi connectivity index (χ1) is 9.55. The molecule has 0 bridgehead atoms. The van der Waals surface area contributed by atoms with E-state index in [4.69, 9.17) is 16.9 Å². The van der Waals surface area contributed by atoms with Crippen LogP contribution in [-0.2, 0) is 0 Å². The van der Waals surface area contributed by atoms with Crippen molar-refractivity contribution in [2.45, 2.75) is 13.8 Å². The molecule has 0 amide bonds. The van der Waals surface area contributed by atoms with Gasteiger partial charge in [-0.1, -0.05) is 11.6 Å². The van der Waals surface area contributed by atoms with Crippen molar-refractivity contribution >= 4 is 23.0 Å². The summed E-state index contributed by atoms with van der Waals surface area (Å²) in [6.45, 7) is 3.66. The van der Waals surface area contributed by atoms with Crippen LogP contribution in [0.2, 0.25) is 5.02 Å². The molecule has 1 aromatic heterocycles. The van der Waals surface area contributed by atoms with Gasteiger partial charge in [0, 0.05) is 11.4 Å². The monoisotopic (exact) mass is 282 g/mol. The van der Waals surface area contributed by atoms with E-state index in [1.54, 1.807) is 31.2 Å². The topological polar surface area (TPSA) is 72.5 Å². The Bertz CT molecular complexity index is 754. The molecular formula is C15H11ClN4. The number of anilines is 2. The van der Waals surface area contributed by atoms with Crippen LogP contribution in [0.3, 0.4) is 0 Å². The van der Waals surface area contributed by atoms with Crippen LogP contribution in [0.1, 0.15) is 22.5 Å². The fourth-order valence-electron chi connectivity index (χ4n) is 1.91. The maximum atomic E-state index is 9.21. The van der Waals surface area contributed by atoms with Crippen LogP contribution in [0.5, 0.6) is 0 Å². The summed E-state index contributed by atoms with van der Waals surface area (Å²) in [7, 11) is 0. The second kappa shape index (κ2) is 5.61. The van der Waals surface area contributed by atoms with Gasteiger partial charge in [-0.2, -0.15) is 10.5 Å². The highest BCUT2D eigenvalue weighted by molar-refractivity contribution is 6.32. The van der Waals surface area contributed by atoms with Crippen LogP contribution in [0, 0.1) is 36.5 Å². The van der Waals surface area contributed by atoms with Crippen molar-refractivity contribution in [2.75, 3.05) is 5.32 Å². The highest BCUT2D eigenvalue weighted by atomic mass is 35.5. The molecule has 0 saturated carbocycles. The fourth-order valence-corrected chi connectivity index (χ4v) is 2.13. The minimum atomic E-state index is 0.374. The second-order valence-electron chi connectivity index (χ2n) is 4.31. The van der Waals surface area contributed by atoms with Gasteiger partial charge in [-0.3, -0.25) is 4.98 Å². The molecule has 20 heavy (non-hydrogen) atoms. The van der Waals surface area contributed by atoms with Gasteiger partial charge in [-0.25, -0.2) is 0 Å². The molecule has 2 aromatic rings. The lowest BCUT2D eigenvalue weighted by atomic mass is 10.1. The minimum Gasteiger partial charge on any atom is -0.354 e. The summed E-state index contributed by atoms with van der Waals surface area (Å²) < 4.78 is 0. The third kappa shape index (κ3) is 2.71. The summed E-state index contributed by atoms with van der Waals surface area (Å²) in [5, 5.41) is 21.6. The van der Waals surface area contributed by atoms with E-state index in [1.165, 1.54) is 0 Å². The van der Waals surface area contributed by atoms with Gasteiger partial charge < -0.3 is 5.32 Å². The second-order valence-corrected chi connectivity index (χ2v) is 4.72. The SMILES string of the molecule is Cc1cc(Nc2ccc(C#N)c(Cl)c2)c(C#N)c(C)n1. The average molecular weight is 283 g/mol. The zero-order chi connectivity index (χ0) is 14.7. The van der Waals surface area contributed by atoms with Crippen molar-refractivity contribution in [3.8, 4) is 12.1 Å². The van der Waals surface area contributed by atoms with Crippen molar-refractivity contribution in [2.24, 2.45) is 0 Å². The van der Waals surface area contributed by atoms with Crippen molar-refractivity contribution in [1.29, 1.82) is 10.5 Å². The first kappa shape index (κ1) is 13.9. The van der Waals surface area contributed by atoms with Crippen LogP contribution in [0.4, 0.5) is 11.4 Å². The summed E-state index contributed by atoms with van der Waals surface area (Å²) in [4.78, 5) is 4.26. The van der Waals surface area contributed by atoms with Gasteiger partial charge in [-0.15, -0.1) is 0 Å². The van der Waals surface area contributed by atoms with Crippen LogP contribution >= 0.6 is 11.6 Å². The third-order valence-electron chi connectivity index (χ3n) is 2.81. The molecule has 0 atom stereocenters. The quantitative estimate of drug-likeness (QED) is 0.908. The number of nitriles is 2. The van der Waals surface area contributed by atoms with Crippen molar-refractivity contribution in [1.82, 2.24) is 4.98 Å². The lowest BCUT2D eigenvalue weighted by molar-refractivity contribution is 1.11. The van der Waals surface area contributed by atoms with E-state index in [-0.39, 0.29) is 0 Å². The molecular weight excluding hydrogens is 272 g/mol. The average Bonchev–Trinajstić information content (AvgIpc) is 2.38. The van der Waals surface area contributed by atoms with E-state index >= 15 is 0 Å². The highest BCUT2D eigenvalue weighted by Crippen LogP contribution is 2.26. The number of rotatable bonds is 2. The first-order valence-electron chi connectivity index (χ1n) is 5.90. The van der Waals surface area contributed by atoms with Crippen molar-refractivity contribution < 1.29 is 0 Å². The standard InChI is InChI=1S/C15H11ClN4/c1-9-5-15(13(8-18)10(2)19-9)20-12-4-3-11(7-17)14(16)6-12/h3-6H,1-2H3,(H,19,20). The Hall–Kier alpha value is -2.56. The largest absolute Gasteiger partial charge is 0.354 e. The minimum absolute atomic E-state index is 0.374. The third-order valence-corrected chi connectivity index (χ3v) is 3.12. The van der Waals surface area contributed by atoms with Crippen LogP contribution in [-0.4, -0.2) is 4.98 Å². The smallest absolute Gasteiger partial charge is 0.103 e. The van der Waals surface area contributed by atoms with E-state index < -0.39 is 0 Å². The Kier molecular flexibility index (Phi) is 3.89. The zero-order valence-electron chi connectivity index (χ0n) is 11.0. The molecule has 98 valence electrons. The highest BCUT2D eigenvalue weighted by Gasteiger charge is 2.09. The number of nitrogens with one attached hydrogen (secondary N) is 1. The van der Waals surface area contributed by atoms with Gasteiger partial charge in [0.15, 0.2) is 0 Å². The van der Waals surface area contributed by atoms with Crippen molar-refractivity contribution in [3.63, 3.8) is 0 Å². The lowest BCUT2D eigenvalue weighted by Crippen LogP contribution is -1.99. The number of hydrogen-bond donors (Lipinski definition) is 1. The molecule has 1 N–H and O–H groups in total. The molecule has 0 unspecified atom stereocenters. The summed E-state index contributed by atoms with van der Waals surface area (Å²) in [6, 6.07) is 11.0. The molecule has 1 aromatic carbocycles. The molecule has 0 saturated heterocycles.